The van der Waals surface area contributed by atoms with Crippen LogP contribution in [0.15, 0.2) is 24.5 Å². The average Bonchev–Trinajstić information content (AvgIpc) is 2.35. The Labute approximate surface area is 108 Å². The van der Waals surface area contributed by atoms with E-state index >= 15 is 0 Å². The number of hydrogen-bond donors (Lipinski definition) is 1. The zero-order chi connectivity index (χ0) is 12.6. The Bertz CT molecular complexity index is 182. The molecule has 1 heteroatoms. The lowest BCUT2D eigenvalue weighted by Crippen LogP contribution is -1.79. The van der Waals surface area contributed by atoms with E-state index in [1.807, 2.05) is 6.08 Å². The van der Waals surface area contributed by atoms with Gasteiger partial charge in [-0.3, -0.25) is 0 Å². The molecule has 0 radical (unpaired) electrons. The molecular formula is C16H30O. The van der Waals surface area contributed by atoms with Gasteiger partial charge in [0, 0.05) is 0 Å². The quantitative estimate of drug-likeness (QED) is 0.254. The number of aliphatic hydroxyl groups excluding tert-OH is 1. The Morgan fingerprint density at radius 3 is 1.65 bits per heavy atom. The summed E-state index contributed by atoms with van der Waals surface area (Å²) in [6.45, 7) is 2.24. The molecule has 1 nitrogen and oxygen atoms in total. The second kappa shape index (κ2) is 15.3. The smallest absolute Gasteiger partial charge is 0.0751 e. The van der Waals surface area contributed by atoms with Crippen molar-refractivity contribution in [2.75, 3.05) is 0 Å². The van der Waals surface area contributed by atoms with Crippen LogP contribution >= 0.6 is 0 Å². The third-order valence-electron chi connectivity index (χ3n) is 2.99. The van der Waals surface area contributed by atoms with Gasteiger partial charge >= 0.3 is 0 Å². The van der Waals surface area contributed by atoms with Crippen LogP contribution in [0.25, 0.3) is 0 Å². The van der Waals surface area contributed by atoms with E-state index in [-0.39, 0.29) is 0 Å². The average molecular weight is 238 g/mol. The first kappa shape index (κ1) is 16.3. The summed E-state index contributed by atoms with van der Waals surface area (Å²) in [7, 11) is 0. The zero-order valence-electron chi connectivity index (χ0n) is 11.5. The molecule has 0 atom stereocenters. The molecule has 1 N–H and O–H groups in total. The van der Waals surface area contributed by atoms with E-state index in [4.69, 9.17) is 5.11 Å². The number of rotatable bonds is 12. The van der Waals surface area contributed by atoms with E-state index in [2.05, 4.69) is 19.1 Å². The highest BCUT2D eigenvalue weighted by Crippen LogP contribution is 2.09. The van der Waals surface area contributed by atoms with Crippen molar-refractivity contribution in [3.63, 3.8) is 0 Å². The summed E-state index contributed by atoms with van der Waals surface area (Å²) in [6.07, 6.45) is 21.8. The minimum Gasteiger partial charge on any atom is -0.516 e. The van der Waals surface area contributed by atoms with Crippen LogP contribution in [0.4, 0.5) is 0 Å². The number of aliphatic hydroxyl groups is 1. The van der Waals surface area contributed by atoms with E-state index < -0.39 is 0 Å². The van der Waals surface area contributed by atoms with Crippen molar-refractivity contribution < 1.29 is 5.11 Å². The van der Waals surface area contributed by atoms with Crippen LogP contribution in [-0.4, -0.2) is 5.11 Å². The Morgan fingerprint density at radius 1 is 0.647 bits per heavy atom. The van der Waals surface area contributed by atoms with Crippen molar-refractivity contribution in [2.45, 2.75) is 77.6 Å². The van der Waals surface area contributed by atoms with Crippen molar-refractivity contribution in [3.8, 4) is 0 Å². The summed E-state index contributed by atoms with van der Waals surface area (Å²) in [5, 5.41) is 8.46. The predicted molar refractivity (Wildman–Crippen MR) is 77.4 cm³/mol. The second-order valence-corrected chi connectivity index (χ2v) is 4.70. The van der Waals surface area contributed by atoms with Gasteiger partial charge in [-0.1, -0.05) is 63.7 Å². The highest BCUT2D eigenvalue weighted by molar-refractivity contribution is 4.81. The van der Waals surface area contributed by atoms with Crippen molar-refractivity contribution in [3.05, 3.63) is 24.5 Å². The molecule has 0 aliphatic rings. The molecule has 0 bridgehead atoms. The molecule has 0 aromatic heterocycles. The maximum absolute atomic E-state index is 8.46. The van der Waals surface area contributed by atoms with Gasteiger partial charge in [-0.2, -0.15) is 0 Å². The highest BCUT2D eigenvalue weighted by Gasteiger charge is 1.89. The molecule has 0 aliphatic carbocycles. The van der Waals surface area contributed by atoms with Gasteiger partial charge in [0.15, 0.2) is 0 Å². The molecule has 0 rings (SSSR count). The molecule has 0 unspecified atom stereocenters. The van der Waals surface area contributed by atoms with Gasteiger partial charge < -0.3 is 5.11 Å². The van der Waals surface area contributed by atoms with E-state index in [1.165, 1.54) is 64.2 Å². The largest absolute Gasteiger partial charge is 0.516 e. The van der Waals surface area contributed by atoms with Crippen LogP contribution in [0.2, 0.25) is 0 Å². The minimum absolute atomic E-state index is 1.02. The summed E-state index contributed by atoms with van der Waals surface area (Å²) in [5.41, 5.74) is 0. The van der Waals surface area contributed by atoms with Crippen molar-refractivity contribution in [1.29, 1.82) is 0 Å². The topological polar surface area (TPSA) is 20.2 Å². The van der Waals surface area contributed by atoms with Gasteiger partial charge in [-0.25, -0.2) is 0 Å². The molecule has 0 aromatic rings. The molecule has 0 saturated carbocycles. The van der Waals surface area contributed by atoms with Gasteiger partial charge in [-0.05, 0) is 32.1 Å². The Hall–Kier alpha value is -0.720. The van der Waals surface area contributed by atoms with E-state index in [9.17, 15) is 0 Å². The molecule has 0 fully saturated rings. The van der Waals surface area contributed by atoms with Gasteiger partial charge in [0.1, 0.15) is 0 Å². The Balaban J connectivity index is 3.00. The zero-order valence-corrected chi connectivity index (χ0v) is 11.5. The van der Waals surface area contributed by atoms with Crippen LogP contribution in [0.3, 0.4) is 0 Å². The fourth-order valence-corrected chi connectivity index (χ4v) is 1.86. The van der Waals surface area contributed by atoms with Crippen LogP contribution in [0.1, 0.15) is 77.6 Å². The monoisotopic (exact) mass is 238 g/mol. The lowest BCUT2D eigenvalue weighted by atomic mass is 10.1. The highest BCUT2D eigenvalue weighted by atomic mass is 16.2. The van der Waals surface area contributed by atoms with Crippen LogP contribution in [-0.2, 0) is 0 Å². The maximum Gasteiger partial charge on any atom is 0.0751 e. The SMILES string of the molecule is CCCCC=CCCCCCCCC/C=C/O. The van der Waals surface area contributed by atoms with E-state index in [0.717, 1.165) is 12.7 Å². The molecular weight excluding hydrogens is 208 g/mol. The standard InChI is InChI=1S/C16H30O/c1-2-3-4-5-6-7-8-9-10-11-12-13-14-15-16-17/h5-6,15-17H,2-4,7-14H2,1H3/b6-5?,16-15+. The summed E-state index contributed by atoms with van der Waals surface area (Å²) >= 11 is 0. The number of hydrogen-bond acceptors (Lipinski definition) is 1. The van der Waals surface area contributed by atoms with Gasteiger partial charge in [0.2, 0.25) is 0 Å². The summed E-state index contributed by atoms with van der Waals surface area (Å²) in [4.78, 5) is 0. The first-order chi connectivity index (χ1) is 8.41. The lowest BCUT2D eigenvalue weighted by Gasteiger charge is -1.99. The summed E-state index contributed by atoms with van der Waals surface area (Å²) in [5.74, 6) is 0. The normalized spacial score (nSPS) is 11.8. The molecule has 100 valence electrons. The van der Waals surface area contributed by atoms with Crippen molar-refractivity contribution in [2.24, 2.45) is 0 Å². The number of allylic oxidation sites excluding steroid dienone is 3. The van der Waals surface area contributed by atoms with E-state index in [0.29, 0.717) is 0 Å². The minimum atomic E-state index is 1.02. The maximum atomic E-state index is 8.46. The molecule has 0 amide bonds. The summed E-state index contributed by atoms with van der Waals surface area (Å²) < 4.78 is 0. The van der Waals surface area contributed by atoms with Crippen LogP contribution in [0.5, 0.6) is 0 Å². The molecule has 17 heavy (non-hydrogen) atoms. The molecule has 0 aromatic carbocycles. The van der Waals surface area contributed by atoms with Gasteiger partial charge in [0.25, 0.3) is 0 Å². The fourth-order valence-electron chi connectivity index (χ4n) is 1.86. The van der Waals surface area contributed by atoms with Gasteiger partial charge in [-0.15, -0.1) is 0 Å². The Morgan fingerprint density at radius 2 is 1.12 bits per heavy atom. The second-order valence-electron chi connectivity index (χ2n) is 4.70. The Kier molecular flexibility index (Phi) is 14.6. The van der Waals surface area contributed by atoms with Crippen LogP contribution in [0, 0.1) is 0 Å². The molecule has 0 aliphatic heterocycles. The van der Waals surface area contributed by atoms with Gasteiger partial charge in [0.05, 0.1) is 6.26 Å². The third-order valence-corrected chi connectivity index (χ3v) is 2.99. The molecule has 0 saturated heterocycles. The lowest BCUT2D eigenvalue weighted by molar-refractivity contribution is 0.469. The predicted octanol–water partition coefficient (Wildman–Crippen LogP) is 5.93. The molecule has 0 heterocycles. The van der Waals surface area contributed by atoms with Crippen molar-refractivity contribution >= 4 is 0 Å². The van der Waals surface area contributed by atoms with E-state index in [1.54, 1.807) is 0 Å². The first-order valence-electron chi connectivity index (χ1n) is 7.36. The number of unbranched alkanes of at least 4 members (excludes halogenated alkanes) is 9. The van der Waals surface area contributed by atoms with Crippen LogP contribution < -0.4 is 0 Å². The third kappa shape index (κ3) is 15.3. The molecule has 0 spiro atoms. The first-order valence-corrected chi connectivity index (χ1v) is 7.36. The van der Waals surface area contributed by atoms with Crippen molar-refractivity contribution in [1.82, 2.24) is 0 Å². The summed E-state index contributed by atoms with van der Waals surface area (Å²) in [6, 6.07) is 0. The fraction of sp³-hybridized carbons (Fsp3) is 0.750.